The smallest absolute Gasteiger partial charge is 0.0994 e. The van der Waals surface area contributed by atoms with Crippen LogP contribution in [0.2, 0.25) is 0 Å². The van der Waals surface area contributed by atoms with Crippen LogP contribution < -0.4 is 4.90 Å². The average molecular weight is 298 g/mol. The van der Waals surface area contributed by atoms with Crippen molar-refractivity contribution in [3.63, 3.8) is 0 Å². The van der Waals surface area contributed by atoms with Gasteiger partial charge in [-0.15, -0.1) is 0 Å². The van der Waals surface area contributed by atoms with E-state index >= 15 is 0 Å². The van der Waals surface area contributed by atoms with Gasteiger partial charge in [0.15, 0.2) is 0 Å². The second-order valence-electron chi connectivity index (χ2n) is 6.82. The summed E-state index contributed by atoms with van der Waals surface area (Å²) in [6, 6.07) is 6.61. The van der Waals surface area contributed by atoms with Crippen molar-refractivity contribution >= 4 is 5.69 Å². The van der Waals surface area contributed by atoms with Crippen LogP contribution in [0, 0.1) is 0 Å². The van der Waals surface area contributed by atoms with Crippen LogP contribution in [0.4, 0.5) is 5.69 Å². The van der Waals surface area contributed by atoms with Crippen LogP contribution in [0.3, 0.4) is 0 Å². The summed E-state index contributed by atoms with van der Waals surface area (Å²) in [6.07, 6.45) is 2.21. The van der Waals surface area contributed by atoms with Crippen LogP contribution in [0.1, 0.15) is 30.9 Å². The summed E-state index contributed by atoms with van der Waals surface area (Å²) >= 11 is 0. The lowest BCUT2D eigenvalue weighted by Gasteiger charge is -2.30. The van der Waals surface area contributed by atoms with Crippen molar-refractivity contribution < 1.29 is 0 Å². The summed E-state index contributed by atoms with van der Waals surface area (Å²) in [6.45, 7) is 7.40. The predicted octanol–water partition coefficient (Wildman–Crippen LogP) is 3.18. The molecule has 4 nitrogen and oxygen atoms in total. The van der Waals surface area contributed by atoms with Gasteiger partial charge in [0, 0.05) is 43.1 Å². The second kappa shape index (κ2) is 5.76. The first-order chi connectivity index (χ1) is 10.5. The van der Waals surface area contributed by atoms with Crippen LogP contribution in [0.25, 0.3) is 11.3 Å². The van der Waals surface area contributed by atoms with Gasteiger partial charge in [0.1, 0.15) is 0 Å². The fourth-order valence-electron chi connectivity index (χ4n) is 3.20. The van der Waals surface area contributed by atoms with Crippen molar-refractivity contribution in [3.05, 3.63) is 35.5 Å². The molecule has 0 saturated carbocycles. The lowest BCUT2D eigenvalue weighted by Crippen LogP contribution is -2.22. The lowest BCUT2D eigenvalue weighted by molar-refractivity contribution is 0.373. The third-order valence-electron chi connectivity index (χ3n) is 4.35. The van der Waals surface area contributed by atoms with Crippen molar-refractivity contribution in [3.8, 4) is 11.3 Å². The molecule has 0 amide bonds. The van der Waals surface area contributed by atoms with E-state index in [0.29, 0.717) is 5.92 Å². The number of hydrogen-bond acceptors (Lipinski definition) is 3. The molecular formula is C18H26N4. The highest BCUT2D eigenvalue weighted by atomic mass is 15.3. The lowest BCUT2D eigenvalue weighted by atomic mass is 9.92. The maximum absolute atomic E-state index is 4.86. The molecule has 4 heteroatoms. The number of benzene rings is 1. The monoisotopic (exact) mass is 298 g/mol. The van der Waals surface area contributed by atoms with Crippen LogP contribution in [-0.2, 0) is 13.1 Å². The van der Waals surface area contributed by atoms with Gasteiger partial charge in [0.25, 0.3) is 0 Å². The quantitative estimate of drug-likeness (QED) is 0.866. The number of hydrogen-bond donors (Lipinski definition) is 0. The Balaban J connectivity index is 2.03. The summed E-state index contributed by atoms with van der Waals surface area (Å²) in [7, 11) is 6.38. The van der Waals surface area contributed by atoms with Gasteiger partial charge in [0.05, 0.1) is 12.2 Å². The minimum Gasteiger partial charge on any atom is -0.369 e. The first kappa shape index (κ1) is 15.1. The molecule has 0 fully saturated rings. The Kier molecular flexibility index (Phi) is 3.96. The van der Waals surface area contributed by atoms with Gasteiger partial charge in [-0.1, -0.05) is 32.0 Å². The minimum atomic E-state index is 0.523. The van der Waals surface area contributed by atoms with Gasteiger partial charge in [-0.25, -0.2) is 0 Å². The van der Waals surface area contributed by atoms with E-state index in [2.05, 4.69) is 73.9 Å². The summed E-state index contributed by atoms with van der Waals surface area (Å²) in [4.78, 5) is 4.56. The highest BCUT2D eigenvalue weighted by Gasteiger charge is 2.25. The van der Waals surface area contributed by atoms with Gasteiger partial charge < -0.3 is 9.80 Å². The largest absolute Gasteiger partial charge is 0.369 e. The summed E-state index contributed by atoms with van der Waals surface area (Å²) < 4.78 is 2.09. The van der Waals surface area contributed by atoms with E-state index in [4.69, 9.17) is 5.10 Å². The van der Waals surface area contributed by atoms with Crippen molar-refractivity contribution in [2.24, 2.45) is 0 Å². The van der Waals surface area contributed by atoms with E-state index in [-0.39, 0.29) is 0 Å². The normalized spacial score (nSPS) is 13.7. The highest BCUT2D eigenvalue weighted by Crippen LogP contribution is 2.41. The van der Waals surface area contributed by atoms with Gasteiger partial charge in [0.2, 0.25) is 0 Å². The Morgan fingerprint density at radius 2 is 2.05 bits per heavy atom. The van der Waals surface area contributed by atoms with Gasteiger partial charge >= 0.3 is 0 Å². The minimum absolute atomic E-state index is 0.523. The Labute approximate surface area is 133 Å². The van der Waals surface area contributed by atoms with Crippen molar-refractivity contribution in [2.75, 3.05) is 32.6 Å². The van der Waals surface area contributed by atoms with Gasteiger partial charge in [-0.2, -0.15) is 5.10 Å². The van der Waals surface area contributed by atoms with E-state index < -0.39 is 0 Å². The molecule has 0 atom stereocenters. The van der Waals surface area contributed by atoms with E-state index in [1.54, 1.807) is 0 Å². The number of anilines is 1. The molecule has 1 aliphatic rings. The Morgan fingerprint density at radius 1 is 1.27 bits per heavy atom. The number of para-hydroxylation sites is 1. The predicted molar refractivity (Wildman–Crippen MR) is 92.4 cm³/mol. The Morgan fingerprint density at radius 3 is 2.73 bits per heavy atom. The molecule has 0 spiro atoms. The third-order valence-corrected chi connectivity index (χ3v) is 4.35. The van der Waals surface area contributed by atoms with Crippen LogP contribution >= 0.6 is 0 Å². The molecule has 22 heavy (non-hydrogen) atoms. The zero-order chi connectivity index (χ0) is 15.9. The summed E-state index contributed by atoms with van der Waals surface area (Å²) in [5.74, 6) is 0.523. The zero-order valence-corrected chi connectivity index (χ0v) is 14.3. The fourth-order valence-corrected chi connectivity index (χ4v) is 3.20. The molecule has 2 aromatic rings. The molecule has 1 aromatic carbocycles. The number of nitrogens with zero attached hydrogens (tertiary/aromatic N) is 4. The molecule has 0 saturated heterocycles. The summed E-state index contributed by atoms with van der Waals surface area (Å²) in [5.41, 5.74) is 6.53. The third kappa shape index (κ3) is 2.63. The van der Waals surface area contributed by atoms with E-state index in [9.17, 15) is 0 Å². The van der Waals surface area contributed by atoms with Crippen LogP contribution in [-0.4, -0.2) is 42.4 Å². The maximum Gasteiger partial charge on any atom is 0.0994 e. The maximum atomic E-state index is 4.86. The van der Waals surface area contributed by atoms with E-state index in [1.807, 2.05) is 0 Å². The topological polar surface area (TPSA) is 24.3 Å². The SMILES string of the molecule is CC(C)c1cccc2c1N(C)Cc1cn(CCN(C)C)nc1-2. The van der Waals surface area contributed by atoms with Crippen molar-refractivity contribution in [1.29, 1.82) is 0 Å². The molecule has 118 valence electrons. The molecule has 0 radical (unpaired) electrons. The molecule has 0 N–H and O–H groups in total. The fraction of sp³-hybridized carbons (Fsp3) is 0.500. The van der Waals surface area contributed by atoms with Crippen LogP contribution in [0.5, 0.6) is 0 Å². The Bertz CT molecular complexity index is 670. The van der Waals surface area contributed by atoms with Gasteiger partial charge in [-0.05, 0) is 25.6 Å². The van der Waals surface area contributed by atoms with E-state index in [1.165, 1.54) is 22.4 Å². The zero-order valence-electron chi connectivity index (χ0n) is 14.3. The number of likely N-dealkylation sites (N-methyl/N-ethyl adjacent to an activating group) is 1. The molecule has 1 aromatic heterocycles. The molecule has 0 unspecified atom stereocenters. The number of rotatable bonds is 4. The first-order valence-corrected chi connectivity index (χ1v) is 8.03. The number of fused-ring (bicyclic) bond motifs is 3. The molecule has 0 bridgehead atoms. The number of aromatic nitrogens is 2. The van der Waals surface area contributed by atoms with Gasteiger partial charge in [-0.3, -0.25) is 4.68 Å². The molecule has 3 rings (SSSR count). The Hall–Kier alpha value is -1.81. The highest BCUT2D eigenvalue weighted by molar-refractivity contribution is 5.83. The average Bonchev–Trinajstić information content (AvgIpc) is 2.87. The molecule has 2 heterocycles. The molecule has 0 aliphatic carbocycles. The molecular weight excluding hydrogens is 272 g/mol. The first-order valence-electron chi connectivity index (χ1n) is 8.03. The van der Waals surface area contributed by atoms with Crippen molar-refractivity contribution in [2.45, 2.75) is 32.9 Å². The van der Waals surface area contributed by atoms with E-state index in [0.717, 1.165) is 25.3 Å². The standard InChI is InChI=1S/C18H26N4/c1-13(2)15-7-6-8-16-17-14(11-21(5)18(15)16)12-22(19-17)10-9-20(3)4/h6-8,12-13H,9-11H2,1-5H3. The molecule has 1 aliphatic heterocycles. The second-order valence-corrected chi connectivity index (χ2v) is 6.82. The van der Waals surface area contributed by atoms with Crippen LogP contribution in [0.15, 0.2) is 24.4 Å². The summed E-state index contributed by atoms with van der Waals surface area (Å²) in [5, 5.41) is 4.86. The van der Waals surface area contributed by atoms with Crippen molar-refractivity contribution in [1.82, 2.24) is 14.7 Å².